The van der Waals surface area contributed by atoms with Crippen LogP contribution >= 0.6 is 0 Å². The van der Waals surface area contributed by atoms with Crippen LogP contribution in [0.2, 0.25) is 0 Å². The Morgan fingerprint density at radius 2 is 2.07 bits per heavy atom. The molecule has 4 rings (SSSR count). The van der Waals surface area contributed by atoms with Gasteiger partial charge in [-0.2, -0.15) is 0 Å². The smallest absolute Gasteiger partial charge is 0.228 e. The number of hydrogen-bond acceptors (Lipinski definition) is 5. The topological polar surface area (TPSA) is 58.6 Å². The summed E-state index contributed by atoms with van der Waals surface area (Å²) < 4.78 is 5.76. The van der Waals surface area contributed by atoms with Crippen molar-refractivity contribution in [1.29, 1.82) is 0 Å². The highest BCUT2D eigenvalue weighted by molar-refractivity contribution is 5.93. The van der Waals surface area contributed by atoms with E-state index in [9.17, 15) is 4.79 Å². The molecule has 6 heteroatoms. The summed E-state index contributed by atoms with van der Waals surface area (Å²) in [4.78, 5) is 26.0. The normalized spacial score (nSPS) is 20.2. The van der Waals surface area contributed by atoms with Crippen LogP contribution in [0.15, 0.2) is 36.5 Å². The Morgan fingerprint density at radius 1 is 1.17 bits per heavy atom. The van der Waals surface area contributed by atoms with Crippen LogP contribution in [0.5, 0.6) is 5.88 Å². The number of piperidine rings is 1. The Hall–Kier alpha value is -2.47. The van der Waals surface area contributed by atoms with E-state index in [2.05, 4.69) is 22.0 Å². The van der Waals surface area contributed by atoms with Crippen LogP contribution in [0, 0.1) is 0 Å². The first-order valence-electron chi connectivity index (χ1n) is 11.2. The molecule has 2 aliphatic heterocycles. The zero-order valence-corrected chi connectivity index (χ0v) is 18.1. The number of likely N-dealkylation sites (tertiary alicyclic amines) is 1. The largest absolute Gasteiger partial charge is 0.475 e. The van der Waals surface area contributed by atoms with Gasteiger partial charge in [-0.15, -0.1) is 0 Å². The molecule has 2 aromatic heterocycles. The van der Waals surface area contributed by atoms with E-state index in [1.165, 1.54) is 5.56 Å². The predicted octanol–water partition coefficient (Wildman–Crippen LogP) is 3.81. The number of aromatic nitrogens is 2. The highest BCUT2D eigenvalue weighted by Crippen LogP contribution is 2.28. The zero-order chi connectivity index (χ0) is 20.9. The molecule has 6 nitrogen and oxygen atoms in total. The lowest BCUT2D eigenvalue weighted by Gasteiger charge is -2.28. The number of hydrogen-bond donors (Lipinski definition) is 0. The van der Waals surface area contributed by atoms with Gasteiger partial charge in [-0.1, -0.05) is 12.1 Å². The van der Waals surface area contributed by atoms with Crippen LogP contribution in [-0.2, 0) is 11.2 Å². The molecule has 30 heavy (non-hydrogen) atoms. The van der Waals surface area contributed by atoms with Gasteiger partial charge in [0.05, 0.1) is 6.10 Å². The molecular weight excluding hydrogens is 376 g/mol. The number of ether oxygens (including phenoxy) is 1. The number of nitrogens with zero attached hydrogens (tertiary/aromatic N) is 4. The van der Waals surface area contributed by atoms with Crippen molar-refractivity contribution in [3.05, 3.63) is 47.8 Å². The molecular formula is C24H32N4O2. The van der Waals surface area contributed by atoms with Crippen molar-refractivity contribution >= 4 is 11.7 Å². The summed E-state index contributed by atoms with van der Waals surface area (Å²) >= 11 is 0. The van der Waals surface area contributed by atoms with E-state index < -0.39 is 0 Å². The summed E-state index contributed by atoms with van der Waals surface area (Å²) in [7, 11) is 0. The predicted molar refractivity (Wildman–Crippen MR) is 118 cm³/mol. The number of pyridine rings is 2. The first-order valence-corrected chi connectivity index (χ1v) is 11.2. The molecule has 1 amide bonds. The lowest BCUT2D eigenvalue weighted by Crippen LogP contribution is -2.36. The lowest BCUT2D eigenvalue weighted by atomic mass is 10.0. The summed E-state index contributed by atoms with van der Waals surface area (Å²) in [5.41, 5.74) is 2.29. The molecule has 0 N–H and O–H groups in total. The first-order chi connectivity index (χ1) is 14.6. The third-order valence-electron chi connectivity index (χ3n) is 5.94. The molecule has 1 atom stereocenters. The summed E-state index contributed by atoms with van der Waals surface area (Å²) in [6.07, 6.45) is 6.63. The van der Waals surface area contributed by atoms with Gasteiger partial charge in [0.2, 0.25) is 11.8 Å². The van der Waals surface area contributed by atoms with Crippen molar-refractivity contribution in [2.75, 3.05) is 31.1 Å². The SMILES string of the molecule is CC(C)Oc1cccc(C2CCN(CCc3cccnc3N3CCCCC3=O)C2)n1. The van der Waals surface area contributed by atoms with Crippen molar-refractivity contribution in [1.82, 2.24) is 14.9 Å². The molecule has 2 fully saturated rings. The minimum Gasteiger partial charge on any atom is -0.475 e. The van der Waals surface area contributed by atoms with Crippen LogP contribution in [0.4, 0.5) is 5.82 Å². The molecule has 0 saturated carbocycles. The van der Waals surface area contributed by atoms with E-state index in [1.807, 2.05) is 36.9 Å². The standard InChI is InChI=1S/C24H32N4O2/c1-18(2)30-22-9-5-8-21(26-22)20-12-16-27(17-20)15-11-19-7-6-13-25-24(19)28-14-4-3-10-23(28)29/h5-9,13,18,20H,3-4,10-12,14-17H2,1-2H3. The molecule has 160 valence electrons. The van der Waals surface area contributed by atoms with Gasteiger partial charge < -0.3 is 9.64 Å². The third-order valence-corrected chi connectivity index (χ3v) is 5.94. The van der Waals surface area contributed by atoms with Crippen molar-refractivity contribution in [3.63, 3.8) is 0 Å². The molecule has 2 aliphatic rings. The van der Waals surface area contributed by atoms with Gasteiger partial charge in [-0.25, -0.2) is 9.97 Å². The molecule has 0 aromatic carbocycles. The number of carbonyl (C=O) groups excluding carboxylic acids is 1. The molecule has 2 saturated heterocycles. The second-order valence-electron chi connectivity index (χ2n) is 8.59. The third kappa shape index (κ3) is 4.98. The maximum Gasteiger partial charge on any atom is 0.228 e. The van der Waals surface area contributed by atoms with Gasteiger partial charge in [-0.3, -0.25) is 9.69 Å². The molecule has 0 spiro atoms. The Kier molecular flexibility index (Phi) is 6.62. The minimum absolute atomic E-state index is 0.133. The minimum atomic E-state index is 0.133. The van der Waals surface area contributed by atoms with Gasteiger partial charge >= 0.3 is 0 Å². The van der Waals surface area contributed by atoms with Crippen LogP contribution in [-0.4, -0.2) is 53.1 Å². The average molecular weight is 409 g/mol. The molecule has 1 unspecified atom stereocenters. The number of anilines is 1. The maximum absolute atomic E-state index is 12.4. The fraction of sp³-hybridized carbons (Fsp3) is 0.542. The van der Waals surface area contributed by atoms with E-state index in [4.69, 9.17) is 9.72 Å². The Balaban J connectivity index is 1.37. The summed E-state index contributed by atoms with van der Waals surface area (Å²) in [5, 5.41) is 0. The molecule has 4 heterocycles. The summed E-state index contributed by atoms with van der Waals surface area (Å²) in [5.74, 6) is 2.22. The van der Waals surface area contributed by atoms with Crippen LogP contribution in [0.25, 0.3) is 0 Å². The van der Waals surface area contributed by atoms with Crippen molar-refractivity contribution in [3.8, 4) is 5.88 Å². The lowest BCUT2D eigenvalue weighted by molar-refractivity contribution is -0.119. The van der Waals surface area contributed by atoms with Gasteiger partial charge in [0.1, 0.15) is 5.82 Å². The molecule has 0 aliphatic carbocycles. The highest BCUT2D eigenvalue weighted by Gasteiger charge is 2.26. The van der Waals surface area contributed by atoms with Crippen LogP contribution in [0.1, 0.15) is 56.7 Å². The van der Waals surface area contributed by atoms with Gasteiger partial charge in [-0.05, 0) is 63.8 Å². The molecule has 2 aromatic rings. The summed E-state index contributed by atoms with van der Waals surface area (Å²) in [6, 6.07) is 10.2. The average Bonchev–Trinajstić information content (AvgIpc) is 3.22. The first kappa shape index (κ1) is 20.8. The Bertz CT molecular complexity index is 870. The van der Waals surface area contributed by atoms with E-state index in [1.54, 1.807) is 6.20 Å². The second-order valence-corrected chi connectivity index (χ2v) is 8.59. The van der Waals surface area contributed by atoms with Gasteiger partial charge in [0, 0.05) is 49.9 Å². The quantitative estimate of drug-likeness (QED) is 0.697. The Labute approximate surface area is 179 Å². The fourth-order valence-electron chi connectivity index (χ4n) is 4.42. The molecule has 0 bridgehead atoms. The van der Waals surface area contributed by atoms with Crippen LogP contribution < -0.4 is 9.64 Å². The van der Waals surface area contributed by atoms with E-state index in [-0.39, 0.29) is 12.0 Å². The second kappa shape index (κ2) is 9.56. The van der Waals surface area contributed by atoms with Gasteiger partial charge in [0.25, 0.3) is 0 Å². The number of rotatable bonds is 7. The number of carbonyl (C=O) groups is 1. The number of amides is 1. The molecule has 0 radical (unpaired) electrons. The van der Waals surface area contributed by atoms with Crippen molar-refractivity contribution in [2.24, 2.45) is 0 Å². The summed E-state index contributed by atoms with van der Waals surface area (Å²) in [6.45, 7) is 7.89. The zero-order valence-electron chi connectivity index (χ0n) is 18.1. The fourth-order valence-corrected chi connectivity index (χ4v) is 4.42. The van der Waals surface area contributed by atoms with E-state index in [0.717, 1.165) is 63.4 Å². The monoisotopic (exact) mass is 408 g/mol. The van der Waals surface area contributed by atoms with Crippen LogP contribution in [0.3, 0.4) is 0 Å². The maximum atomic E-state index is 12.4. The van der Waals surface area contributed by atoms with Crippen molar-refractivity contribution in [2.45, 2.75) is 58.0 Å². The van der Waals surface area contributed by atoms with Gasteiger partial charge in [0.15, 0.2) is 0 Å². The van der Waals surface area contributed by atoms with E-state index in [0.29, 0.717) is 18.2 Å². The highest BCUT2D eigenvalue weighted by atomic mass is 16.5. The van der Waals surface area contributed by atoms with Crippen molar-refractivity contribution < 1.29 is 9.53 Å². The van der Waals surface area contributed by atoms with E-state index >= 15 is 0 Å². The Morgan fingerprint density at radius 3 is 2.90 bits per heavy atom.